The van der Waals surface area contributed by atoms with E-state index in [1.807, 2.05) is 41.3 Å². The summed E-state index contributed by atoms with van der Waals surface area (Å²) in [5.41, 5.74) is 2.21. The molecule has 2 aromatic carbocycles. The highest BCUT2D eigenvalue weighted by molar-refractivity contribution is 5.84. The molecule has 7 nitrogen and oxygen atoms in total. The average Bonchev–Trinajstić information content (AvgIpc) is 3.19. The van der Waals surface area contributed by atoms with Crippen LogP contribution in [0.4, 0.5) is 4.79 Å². The summed E-state index contributed by atoms with van der Waals surface area (Å²) in [7, 11) is 0. The number of benzene rings is 2. The Morgan fingerprint density at radius 2 is 1.66 bits per heavy atom. The summed E-state index contributed by atoms with van der Waals surface area (Å²) in [5, 5.41) is 3.71. The van der Waals surface area contributed by atoms with Crippen molar-refractivity contribution in [2.24, 2.45) is 0 Å². The van der Waals surface area contributed by atoms with Gasteiger partial charge in [0.1, 0.15) is 19.3 Å². The summed E-state index contributed by atoms with van der Waals surface area (Å²) in [6.45, 7) is 4.45. The Hall–Kier alpha value is -2.90. The van der Waals surface area contributed by atoms with Gasteiger partial charge >= 0.3 is 6.09 Å². The molecule has 32 heavy (non-hydrogen) atoms. The molecule has 0 aliphatic carbocycles. The van der Waals surface area contributed by atoms with Gasteiger partial charge in [0.05, 0.1) is 6.54 Å². The molecule has 2 aromatic rings. The number of fused-ring (bicyclic) bond motifs is 1. The van der Waals surface area contributed by atoms with E-state index in [-0.39, 0.29) is 30.8 Å². The molecule has 5 rings (SSSR count). The Bertz CT molecular complexity index is 944. The van der Waals surface area contributed by atoms with Crippen LogP contribution in [0.3, 0.4) is 0 Å². The molecule has 3 aliphatic heterocycles. The Morgan fingerprint density at radius 3 is 2.34 bits per heavy atom. The van der Waals surface area contributed by atoms with Gasteiger partial charge in [0.25, 0.3) is 0 Å². The number of likely N-dealkylation sites (tertiary alicyclic amines) is 1. The lowest BCUT2D eigenvalue weighted by molar-refractivity contribution is -0.137. The zero-order chi connectivity index (χ0) is 22.0. The number of piperidine rings is 1. The Kier molecular flexibility index (Phi) is 5.85. The van der Waals surface area contributed by atoms with Crippen LogP contribution < -0.4 is 5.32 Å². The third-order valence-electron chi connectivity index (χ3n) is 6.89. The third-order valence-corrected chi connectivity index (χ3v) is 6.89. The van der Waals surface area contributed by atoms with E-state index in [9.17, 15) is 9.59 Å². The second-order valence-corrected chi connectivity index (χ2v) is 9.14. The van der Waals surface area contributed by atoms with Crippen LogP contribution in [0, 0.1) is 0 Å². The largest absolute Gasteiger partial charge is 0.445 e. The van der Waals surface area contributed by atoms with Crippen LogP contribution in [-0.4, -0.2) is 71.1 Å². The smallest absolute Gasteiger partial charge is 0.410 e. The minimum atomic E-state index is -0.428. The predicted molar refractivity (Wildman–Crippen MR) is 121 cm³/mol. The lowest BCUT2D eigenvalue weighted by Gasteiger charge is -2.39. The number of nitrogens with zero attached hydrogens (tertiary/aromatic N) is 3. The van der Waals surface area contributed by atoms with Crippen molar-refractivity contribution in [1.29, 1.82) is 0 Å². The van der Waals surface area contributed by atoms with Crippen molar-refractivity contribution in [3.8, 4) is 0 Å². The van der Waals surface area contributed by atoms with Gasteiger partial charge in [-0.2, -0.15) is 0 Å². The van der Waals surface area contributed by atoms with E-state index in [4.69, 9.17) is 4.74 Å². The average molecular weight is 435 g/mol. The molecular formula is C25H30N4O3. The fourth-order valence-corrected chi connectivity index (χ4v) is 5.08. The maximum Gasteiger partial charge on any atom is 0.410 e. The number of carbonyl (C=O) groups excluding carboxylic acids is 2. The predicted octanol–water partition coefficient (Wildman–Crippen LogP) is 2.43. The van der Waals surface area contributed by atoms with Crippen molar-refractivity contribution in [1.82, 2.24) is 20.0 Å². The molecule has 1 unspecified atom stereocenters. The summed E-state index contributed by atoms with van der Waals surface area (Å²) < 4.78 is 5.45. The van der Waals surface area contributed by atoms with Crippen LogP contribution in [0.15, 0.2) is 60.7 Å². The van der Waals surface area contributed by atoms with Crippen LogP contribution >= 0.6 is 0 Å². The van der Waals surface area contributed by atoms with Crippen LogP contribution in [0.1, 0.15) is 24.0 Å². The Morgan fingerprint density at radius 1 is 1.00 bits per heavy atom. The monoisotopic (exact) mass is 434 g/mol. The molecule has 7 heteroatoms. The topological polar surface area (TPSA) is 65.1 Å². The Balaban J connectivity index is 1.15. The molecule has 2 amide bonds. The van der Waals surface area contributed by atoms with E-state index < -0.39 is 6.09 Å². The van der Waals surface area contributed by atoms with Gasteiger partial charge in [-0.1, -0.05) is 60.7 Å². The summed E-state index contributed by atoms with van der Waals surface area (Å²) in [6.07, 6.45) is 1.43. The molecule has 3 heterocycles. The van der Waals surface area contributed by atoms with E-state index in [1.54, 1.807) is 0 Å². The normalized spacial score (nSPS) is 22.8. The molecule has 3 fully saturated rings. The van der Waals surface area contributed by atoms with Gasteiger partial charge < -0.3 is 9.64 Å². The first-order valence-corrected chi connectivity index (χ1v) is 11.4. The van der Waals surface area contributed by atoms with E-state index in [2.05, 4.69) is 34.5 Å². The zero-order valence-corrected chi connectivity index (χ0v) is 18.3. The molecule has 168 valence electrons. The SMILES string of the molecule is O=C(OCc1ccccc1)N1CC(=O)N2CC3(CCN(Cc4ccccc4)CC3)NC2C1. The van der Waals surface area contributed by atoms with Crippen LogP contribution in [0.5, 0.6) is 0 Å². The first-order chi connectivity index (χ1) is 15.6. The lowest BCUT2D eigenvalue weighted by Crippen LogP contribution is -2.58. The lowest BCUT2D eigenvalue weighted by atomic mass is 9.88. The molecule has 1 N–H and O–H groups in total. The van der Waals surface area contributed by atoms with Crippen molar-refractivity contribution in [2.75, 3.05) is 32.7 Å². The van der Waals surface area contributed by atoms with Crippen LogP contribution in [0.25, 0.3) is 0 Å². The number of piperazine rings is 1. The summed E-state index contributed by atoms with van der Waals surface area (Å²) >= 11 is 0. The summed E-state index contributed by atoms with van der Waals surface area (Å²) in [6, 6.07) is 20.1. The quantitative estimate of drug-likeness (QED) is 0.801. The highest BCUT2D eigenvalue weighted by Gasteiger charge is 2.49. The zero-order valence-electron chi connectivity index (χ0n) is 18.3. The van der Waals surface area contributed by atoms with E-state index in [1.165, 1.54) is 10.5 Å². The summed E-state index contributed by atoms with van der Waals surface area (Å²) in [4.78, 5) is 31.3. The molecule has 3 aliphatic rings. The molecule has 0 radical (unpaired) electrons. The van der Waals surface area contributed by atoms with Gasteiger partial charge in [-0.05, 0) is 24.0 Å². The van der Waals surface area contributed by atoms with E-state index in [0.29, 0.717) is 6.54 Å². The minimum Gasteiger partial charge on any atom is -0.445 e. The number of hydrogen-bond acceptors (Lipinski definition) is 5. The molecule has 0 saturated carbocycles. The molecular weight excluding hydrogens is 404 g/mol. The highest BCUT2D eigenvalue weighted by atomic mass is 16.6. The molecule has 1 atom stereocenters. The van der Waals surface area contributed by atoms with Gasteiger partial charge in [-0.15, -0.1) is 0 Å². The van der Waals surface area contributed by atoms with Gasteiger partial charge in [0.15, 0.2) is 0 Å². The van der Waals surface area contributed by atoms with Crippen LogP contribution in [-0.2, 0) is 22.7 Å². The maximum atomic E-state index is 12.8. The molecule has 1 spiro atoms. The van der Waals surface area contributed by atoms with Gasteiger partial charge in [0.2, 0.25) is 5.91 Å². The molecule has 0 aromatic heterocycles. The standard InChI is InChI=1S/C25H30N4O3/c30-23-17-28(24(31)32-18-21-9-5-2-6-10-21)16-22-26-25(19-29(22)23)11-13-27(14-12-25)15-20-7-3-1-4-8-20/h1-10,22,26H,11-19H2. The first kappa shape index (κ1) is 21.0. The van der Waals surface area contributed by atoms with Crippen molar-refractivity contribution in [3.05, 3.63) is 71.8 Å². The third kappa shape index (κ3) is 4.49. The number of carbonyl (C=O) groups is 2. The van der Waals surface area contributed by atoms with Gasteiger partial charge in [-0.25, -0.2) is 4.79 Å². The number of amides is 2. The molecule has 0 bridgehead atoms. The number of nitrogens with one attached hydrogen (secondary N) is 1. The minimum absolute atomic E-state index is 0.00555. The van der Waals surface area contributed by atoms with E-state index >= 15 is 0 Å². The number of ether oxygens (including phenoxy) is 1. The van der Waals surface area contributed by atoms with Crippen molar-refractivity contribution in [2.45, 2.75) is 37.7 Å². The maximum absolute atomic E-state index is 12.8. The van der Waals surface area contributed by atoms with Gasteiger partial charge in [0, 0.05) is 31.7 Å². The Labute approximate surface area is 188 Å². The van der Waals surface area contributed by atoms with E-state index in [0.717, 1.165) is 44.6 Å². The fraction of sp³-hybridized carbons (Fsp3) is 0.440. The fourth-order valence-electron chi connectivity index (χ4n) is 5.08. The van der Waals surface area contributed by atoms with Crippen molar-refractivity contribution in [3.63, 3.8) is 0 Å². The number of rotatable bonds is 4. The second kappa shape index (κ2) is 8.92. The van der Waals surface area contributed by atoms with Crippen molar-refractivity contribution >= 4 is 12.0 Å². The first-order valence-electron chi connectivity index (χ1n) is 11.4. The van der Waals surface area contributed by atoms with Crippen LogP contribution in [0.2, 0.25) is 0 Å². The summed E-state index contributed by atoms with van der Waals surface area (Å²) in [5.74, 6) is -0.00555. The van der Waals surface area contributed by atoms with Crippen molar-refractivity contribution < 1.29 is 14.3 Å². The second-order valence-electron chi connectivity index (χ2n) is 9.14. The van der Waals surface area contributed by atoms with Gasteiger partial charge in [-0.3, -0.25) is 19.9 Å². The number of hydrogen-bond donors (Lipinski definition) is 1. The molecule has 3 saturated heterocycles. The highest BCUT2D eigenvalue weighted by Crippen LogP contribution is 2.32.